The number of nitrogens with zero attached hydrogens (tertiary/aromatic N) is 2. The lowest BCUT2D eigenvalue weighted by atomic mass is 9.85. The summed E-state index contributed by atoms with van der Waals surface area (Å²) in [6.07, 6.45) is 7.11. The van der Waals surface area contributed by atoms with Crippen LogP contribution in [0.25, 0.3) is 0 Å². The summed E-state index contributed by atoms with van der Waals surface area (Å²) in [5.74, 6) is 0.683. The Morgan fingerprint density at radius 1 is 1.17 bits per heavy atom. The highest BCUT2D eigenvalue weighted by molar-refractivity contribution is 6.62. The van der Waals surface area contributed by atoms with E-state index in [2.05, 4.69) is 23.1 Å². The molecule has 130 valence electrons. The molecule has 1 amide bonds. The van der Waals surface area contributed by atoms with E-state index in [1.54, 1.807) is 4.90 Å². The second-order valence-electron chi connectivity index (χ2n) is 7.62. The molecule has 1 aliphatic carbocycles. The number of rotatable bonds is 3. The molecule has 0 bridgehead atoms. The molecular weight excluding hydrogens is 343 g/mol. The van der Waals surface area contributed by atoms with Gasteiger partial charge in [0, 0.05) is 30.2 Å². The number of carbonyl (C=O) groups is 1. The van der Waals surface area contributed by atoms with Crippen LogP contribution < -0.4 is 0 Å². The number of amides is 1. The zero-order chi connectivity index (χ0) is 16.7. The van der Waals surface area contributed by atoms with Crippen molar-refractivity contribution in [2.75, 3.05) is 19.6 Å². The van der Waals surface area contributed by atoms with Crippen LogP contribution in [0.2, 0.25) is 5.02 Å². The first kappa shape index (κ1) is 16.7. The third-order valence-corrected chi connectivity index (χ3v) is 6.72. The summed E-state index contributed by atoms with van der Waals surface area (Å²) in [5, 5.41) is 0.618. The number of piperidine rings is 1. The molecule has 4 rings (SSSR count). The number of hydrogen-bond acceptors (Lipinski definition) is 2. The third kappa shape index (κ3) is 3.18. The molecule has 1 aromatic carbocycles. The van der Waals surface area contributed by atoms with Crippen molar-refractivity contribution in [3.05, 3.63) is 34.3 Å². The van der Waals surface area contributed by atoms with Gasteiger partial charge in [0.2, 0.25) is 0 Å². The minimum atomic E-state index is -0.304. The second-order valence-corrected chi connectivity index (χ2v) is 8.35. The van der Waals surface area contributed by atoms with Gasteiger partial charge in [0.05, 0.1) is 0 Å². The predicted octanol–water partition coefficient (Wildman–Crippen LogP) is 5.01. The van der Waals surface area contributed by atoms with Crippen molar-refractivity contribution in [3.63, 3.8) is 0 Å². The molecule has 2 aliphatic heterocycles. The van der Waals surface area contributed by atoms with Crippen LogP contribution in [0.3, 0.4) is 0 Å². The van der Waals surface area contributed by atoms with Crippen LogP contribution in [0, 0.1) is 0 Å². The van der Waals surface area contributed by atoms with Gasteiger partial charge >= 0.3 is 5.37 Å². The lowest BCUT2D eigenvalue weighted by molar-refractivity contribution is 0.0627. The van der Waals surface area contributed by atoms with Crippen LogP contribution in [-0.4, -0.2) is 40.3 Å². The number of carbonyl (C=O) groups excluding carboxylic acids is 1. The maximum atomic E-state index is 11.4. The van der Waals surface area contributed by atoms with Gasteiger partial charge in [-0.2, -0.15) is 0 Å². The molecule has 3 aliphatic rings. The number of likely N-dealkylation sites (tertiary alicyclic amines) is 2. The summed E-state index contributed by atoms with van der Waals surface area (Å²) < 4.78 is 0. The van der Waals surface area contributed by atoms with E-state index in [4.69, 9.17) is 23.2 Å². The van der Waals surface area contributed by atoms with Crippen molar-refractivity contribution in [2.45, 2.75) is 56.5 Å². The van der Waals surface area contributed by atoms with Gasteiger partial charge in [0.1, 0.15) is 0 Å². The minimum Gasteiger partial charge on any atom is -0.329 e. The zero-order valence-electron chi connectivity index (χ0n) is 13.9. The highest BCUT2D eigenvalue weighted by Gasteiger charge is 2.43. The van der Waals surface area contributed by atoms with Crippen molar-refractivity contribution >= 4 is 28.6 Å². The SMILES string of the molecule is O=C(Cl)N1CCC2(CCCN2Cc2ccc(Cl)c(C3CC3)c2)CC1. The molecule has 2 heterocycles. The van der Waals surface area contributed by atoms with E-state index in [9.17, 15) is 4.79 Å². The Labute approximate surface area is 153 Å². The van der Waals surface area contributed by atoms with Gasteiger partial charge in [0.15, 0.2) is 0 Å². The lowest BCUT2D eigenvalue weighted by Crippen LogP contribution is -2.52. The minimum absolute atomic E-state index is 0.252. The molecule has 0 unspecified atom stereocenters. The van der Waals surface area contributed by atoms with Gasteiger partial charge in [0.25, 0.3) is 0 Å². The van der Waals surface area contributed by atoms with E-state index in [1.807, 2.05) is 0 Å². The molecular formula is C19H24Cl2N2O. The molecule has 1 spiro atoms. The molecule has 1 saturated carbocycles. The van der Waals surface area contributed by atoms with Gasteiger partial charge in [-0.3, -0.25) is 9.69 Å². The van der Waals surface area contributed by atoms with Crippen molar-refractivity contribution in [1.29, 1.82) is 0 Å². The Balaban J connectivity index is 1.48. The quantitative estimate of drug-likeness (QED) is 0.554. The first-order valence-corrected chi connectivity index (χ1v) is 9.81. The number of benzene rings is 1. The Bertz CT molecular complexity index is 636. The molecule has 3 fully saturated rings. The largest absolute Gasteiger partial charge is 0.329 e. The highest BCUT2D eigenvalue weighted by atomic mass is 35.5. The number of hydrogen-bond donors (Lipinski definition) is 0. The topological polar surface area (TPSA) is 23.6 Å². The predicted molar refractivity (Wildman–Crippen MR) is 97.9 cm³/mol. The molecule has 1 aromatic rings. The summed E-state index contributed by atoms with van der Waals surface area (Å²) >= 11 is 12.0. The Hall–Kier alpha value is -0.770. The first-order valence-electron chi connectivity index (χ1n) is 9.05. The molecule has 0 N–H and O–H groups in total. The zero-order valence-corrected chi connectivity index (χ0v) is 15.5. The van der Waals surface area contributed by atoms with E-state index < -0.39 is 0 Å². The molecule has 3 nitrogen and oxygen atoms in total. The Morgan fingerprint density at radius 2 is 1.92 bits per heavy atom. The van der Waals surface area contributed by atoms with Gasteiger partial charge in [-0.25, -0.2) is 0 Å². The van der Waals surface area contributed by atoms with Crippen LogP contribution in [0.1, 0.15) is 55.6 Å². The molecule has 5 heteroatoms. The monoisotopic (exact) mass is 366 g/mol. The molecule has 2 saturated heterocycles. The van der Waals surface area contributed by atoms with Gasteiger partial charge < -0.3 is 4.90 Å². The summed E-state index contributed by atoms with van der Waals surface area (Å²) in [4.78, 5) is 15.8. The fourth-order valence-corrected chi connectivity index (χ4v) is 4.97. The summed E-state index contributed by atoms with van der Waals surface area (Å²) in [5.41, 5.74) is 2.96. The van der Waals surface area contributed by atoms with Crippen molar-refractivity contribution in [1.82, 2.24) is 9.80 Å². The van der Waals surface area contributed by atoms with Crippen LogP contribution in [0.4, 0.5) is 4.79 Å². The van der Waals surface area contributed by atoms with Crippen LogP contribution in [0.5, 0.6) is 0 Å². The van der Waals surface area contributed by atoms with Crippen LogP contribution >= 0.6 is 23.2 Å². The van der Waals surface area contributed by atoms with Crippen molar-refractivity contribution < 1.29 is 4.79 Å². The van der Waals surface area contributed by atoms with E-state index in [0.29, 0.717) is 5.92 Å². The van der Waals surface area contributed by atoms with Gasteiger partial charge in [-0.05, 0) is 79.8 Å². The standard InChI is InChI=1S/C19H24Cl2N2O/c20-17-5-2-14(12-16(17)15-3-4-15)13-23-9-1-6-19(23)7-10-22(11-8-19)18(21)24/h2,5,12,15H,1,3-4,6-11,13H2. The van der Waals surface area contributed by atoms with Gasteiger partial charge in [-0.15, -0.1) is 0 Å². The van der Waals surface area contributed by atoms with Gasteiger partial charge in [-0.1, -0.05) is 23.7 Å². The summed E-state index contributed by atoms with van der Waals surface area (Å²) in [6.45, 7) is 3.71. The Kier molecular flexibility index (Phi) is 4.53. The lowest BCUT2D eigenvalue weighted by Gasteiger charge is -2.44. The summed E-state index contributed by atoms with van der Waals surface area (Å²) in [7, 11) is 0. The van der Waals surface area contributed by atoms with E-state index >= 15 is 0 Å². The van der Waals surface area contributed by atoms with E-state index in [0.717, 1.165) is 44.0 Å². The average molecular weight is 367 g/mol. The number of halogens is 2. The van der Waals surface area contributed by atoms with E-state index in [-0.39, 0.29) is 10.9 Å². The van der Waals surface area contributed by atoms with Crippen LogP contribution in [-0.2, 0) is 6.54 Å². The summed E-state index contributed by atoms with van der Waals surface area (Å²) in [6, 6.07) is 6.57. The maximum absolute atomic E-state index is 11.4. The average Bonchev–Trinajstić information content (AvgIpc) is 3.35. The Morgan fingerprint density at radius 3 is 2.58 bits per heavy atom. The fraction of sp³-hybridized carbons (Fsp3) is 0.632. The normalized spacial score (nSPS) is 23.8. The fourth-order valence-electron chi connectivity index (χ4n) is 4.53. The third-order valence-electron chi connectivity index (χ3n) is 6.13. The molecule has 0 aromatic heterocycles. The molecule has 24 heavy (non-hydrogen) atoms. The highest BCUT2D eigenvalue weighted by Crippen LogP contribution is 2.44. The second kappa shape index (κ2) is 6.51. The van der Waals surface area contributed by atoms with Crippen LogP contribution in [0.15, 0.2) is 18.2 Å². The first-order chi connectivity index (χ1) is 11.6. The van der Waals surface area contributed by atoms with E-state index in [1.165, 1.54) is 36.8 Å². The smallest absolute Gasteiger partial charge is 0.316 e. The van der Waals surface area contributed by atoms with Crippen molar-refractivity contribution in [3.8, 4) is 0 Å². The molecule has 0 atom stereocenters. The maximum Gasteiger partial charge on any atom is 0.316 e. The molecule has 0 radical (unpaired) electrons. The van der Waals surface area contributed by atoms with Crippen molar-refractivity contribution in [2.24, 2.45) is 0 Å².